The Labute approximate surface area is 129 Å². The molecule has 2 aliphatic carbocycles. The number of aliphatic imine (C=N–C) groups is 1. The van der Waals surface area contributed by atoms with Crippen molar-refractivity contribution in [3.63, 3.8) is 0 Å². The summed E-state index contributed by atoms with van der Waals surface area (Å²) in [5.74, 6) is 2.59. The van der Waals surface area contributed by atoms with Gasteiger partial charge in [0.2, 0.25) is 0 Å². The van der Waals surface area contributed by atoms with Crippen LogP contribution in [0.2, 0.25) is 0 Å². The van der Waals surface area contributed by atoms with E-state index < -0.39 is 0 Å². The Bertz CT molecular complexity index is 564. The summed E-state index contributed by atoms with van der Waals surface area (Å²) in [6.45, 7) is 0.600. The molecule has 0 radical (unpaired) electrons. The molecule has 0 unspecified atom stereocenters. The fourth-order valence-corrected chi connectivity index (χ4v) is 2.86. The van der Waals surface area contributed by atoms with Gasteiger partial charge in [-0.15, -0.1) is 0 Å². The molecule has 1 aromatic rings. The summed E-state index contributed by atoms with van der Waals surface area (Å²) >= 11 is 0. The summed E-state index contributed by atoms with van der Waals surface area (Å²) in [7, 11) is 2.01. The zero-order chi connectivity index (χ0) is 15.1. The maximum Gasteiger partial charge on any atom is 0.255 e. The molecule has 2 atom stereocenters. The number of nitrogens with zero attached hydrogens (tertiary/aromatic N) is 4. The minimum Gasteiger partial charge on any atom is -0.370 e. The highest BCUT2D eigenvalue weighted by molar-refractivity contribution is 5.78. The number of ether oxygens (including phenoxy) is 1. The molecule has 7 nitrogen and oxygen atoms in total. The molecular weight excluding hydrogens is 282 g/mol. The van der Waals surface area contributed by atoms with Crippen LogP contribution in [-0.2, 0) is 4.74 Å². The first kappa shape index (κ1) is 14.0. The van der Waals surface area contributed by atoms with Gasteiger partial charge >= 0.3 is 0 Å². The monoisotopic (exact) mass is 305 g/mol. The summed E-state index contributed by atoms with van der Waals surface area (Å²) < 4.78 is 11.3. The third-order valence-electron chi connectivity index (χ3n) is 4.70. The molecule has 2 heterocycles. The highest BCUT2D eigenvalue weighted by Crippen LogP contribution is 2.39. The van der Waals surface area contributed by atoms with Crippen molar-refractivity contribution in [2.45, 2.75) is 62.7 Å². The van der Waals surface area contributed by atoms with Gasteiger partial charge in [0.1, 0.15) is 6.10 Å². The molecular formula is C15H23N5O2. The van der Waals surface area contributed by atoms with Gasteiger partial charge in [0.25, 0.3) is 5.89 Å². The molecule has 120 valence electrons. The van der Waals surface area contributed by atoms with Crippen molar-refractivity contribution in [3.05, 3.63) is 11.7 Å². The Balaban J connectivity index is 1.30. The number of hydrogen-bond acceptors (Lipinski definition) is 5. The van der Waals surface area contributed by atoms with E-state index >= 15 is 0 Å². The normalized spacial score (nSPS) is 29.0. The largest absolute Gasteiger partial charge is 0.370 e. The predicted molar refractivity (Wildman–Crippen MR) is 80.4 cm³/mol. The first-order valence-electron chi connectivity index (χ1n) is 8.22. The summed E-state index contributed by atoms with van der Waals surface area (Å²) in [6, 6.07) is 0.584. The summed E-state index contributed by atoms with van der Waals surface area (Å²) in [6.07, 6.45) is 6.66. The molecule has 1 aliphatic heterocycles. The first-order valence-corrected chi connectivity index (χ1v) is 8.22. The molecule has 22 heavy (non-hydrogen) atoms. The Morgan fingerprint density at radius 1 is 1.27 bits per heavy atom. The minimum absolute atomic E-state index is 0.0809. The van der Waals surface area contributed by atoms with Crippen LogP contribution in [0.4, 0.5) is 0 Å². The fraction of sp³-hybridized carbons (Fsp3) is 0.800. The zero-order valence-corrected chi connectivity index (χ0v) is 12.9. The number of aromatic nitrogens is 2. The van der Waals surface area contributed by atoms with Crippen molar-refractivity contribution in [2.24, 2.45) is 10.7 Å². The van der Waals surface area contributed by atoms with Gasteiger partial charge in [0, 0.05) is 19.0 Å². The number of hydrogen-bond donors (Lipinski definition) is 1. The van der Waals surface area contributed by atoms with Crippen LogP contribution in [-0.4, -0.2) is 46.7 Å². The molecule has 7 heteroatoms. The molecule has 0 amide bonds. The van der Waals surface area contributed by atoms with Crippen LogP contribution in [0.1, 0.15) is 62.3 Å². The smallest absolute Gasteiger partial charge is 0.255 e. The van der Waals surface area contributed by atoms with E-state index in [9.17, 15) is 0 Å². The topological polar surface area (TPSA) is 89.8 Å². The lowest BCUT2D eigenvalue weighted by Crippen LogP contribution is -2.36. The third-order valence-corrected chi connectivity index (χ3v) is 4.70. The van der Waals surface area contributed by atoms with Gasteiger partial charge in [-0.25, -0.2) is 0 Å². The summed E-state index contributed by atoms with van der Waals surface area (Å²) in [5.41, 5.74) is 6.01. The van der Waals surface area contributed by atoms with Crippen LogP contribution >= 0.6 is 0 Å². The molecule has 1 saturated heterocycles. The van der Waals surface area contributed by atoms with Crippen LogP contribution in [0.25, 0.3) is 0 Å². The van der Waals surface area contributed by atoms with Crippen LogP contribution in [0, 0.1) is 0 Å². The number of rotatable bonds is 5. The SMILES string of the molecule is CN(C(N)=NC[C@H]1CC[C@@H](c2nc(C3CC3)no2)O1)C1CC1. The van der Waals surface area contributed by atoms with E-state index in [-0.39, 0.29) is 12.2 Å². The highest BCUT2D eigenvalue weighted by Gasteiger charge is 2.34. The lowest BCUT2D eigenvalue weighted by molar-refractivity contribution is 0.0308. The van der Waals surface area contributed by atoms with E-state index in [1.54, 1.807) is 0 Å². The van der Waals surface area contributed by atoms with Crippen molar-refractivity contribution in [2.75, 3.05) is 13.6 Å². The van der Waals surface area contributed by atoms with Crippen LogP contribution in [0.3, 0.4) is 0 Å². The Hall–Kier alpha value is -1.63. The molecule has 2 saturated carbocycles. The number of guanidine groups is 1. The van der Waals surface area contributed by atoms with Crippen LogP contribution < -0.4 is 5.73 Å². The molecule has 3 aliphatic rings. The molecule has 4 rings (SSSR count). The molecule has 3 fully saturated rings. The van der Waals surface area contributed by atoms with E-state index in [4.69, 9.17) is 15.0 Å². The zero-order valence-electron chi connectivity index (χ0n) is 12.9. The van der Waals surface area contributed by atoms with Gasteiger partial charge in [0.05, 0.1) is 12.6 Å². The fourth-order valence-electron chi connectivity index (χ4n) is 2.86. The molecule has 0 aromatic carbocycles. The summed E-state index contributed by atoms with van der Waals surface area (Å²) in [4.78, 5) is 11.0. The predicted octanol–water partition coefficient (Wildman–Crippen LogP) is 1.58. The van der Waals surface area contributed by atoms with Crippen molar-refractivity contribution in [3.8, 4) is 0 Å². The van der Waals surface area contributed by atoms with Gasteiger partial charge in [0.15, 0.2) is 11.8 Å². The molecule has 0 bridgehead atoms. The van der Waals surface area contributed by atoms with E-state index in [1.807, 2.05) is 7.05 Å². The third kappa shape index (κ3) is 2.95. The number of nitrogens with two attached hydrogens (primary N) is 1. The second-order valence-corrected chi connectivity index (χ2v) is 6.63. The van der Waals surface area contributed by atoms with E-state index in [0.717, 1.165) is 18.7 Å². The minimum atomic E-state index is -0.0809. The maximum atomic E-state index is 6.01. The Morgan fingerprint density at radius 3 is 2.82 bits per heavy atom. The lowest BCUT2D eigenvalue weighted by Gasteiger charge is -2.17. The lowest BCUT2D eigenvalue weighted by atomic mass is 10.2. The average Bonchev–Trinajstić information content (AvgIpc) is 3.45. The van der Waals surface area contributed by atoms with Crippen LogP contribution in [0.5, 0.6) is 0 Å². The standard InChI is InChI=1S/C15H23N5O2/c1-20(10-4-5-10)15(16)17-8-11-6-7-12(21-11)14-18-13(19-22-14)9-2-3-9/h9-12H,2-8H2,1H3,(H2,16,17)/t11-,12+/m1/s1. The quantitative estimate of drug-likeness (QED) is 0.656. The van der Waals surface area contributed by atoms with Crippen LogP contribution in [0.15, 0.2) is 9.52 Å². The molecule has 1 aromatic heterocycles. The second-order valence-electron chi connectivity index (χ2n) is 6.63. The van der Waals surface area contributed by atoms with Crippen molar-refractivity contribution < 1.29 is 9.26 Å². The maximum absolute atomic E-state index is 6.01. The average molecular weight is 305 g/mol. The highest BCUT2D eigenvalue weighted by atomic mass is 16.5. The Kier molecular flexibility index (Phi) is 3.52. The van der Waals surface area contributed by atoms with Gasteiger partial charge in [-0.1, -0.05) is 5.16 Å². The first-order chi connectivity index (χ1) is 10.7. The molecule has 0 spiro atoms. The van der Waals surface area contributed by atoms with Gasteiger partial charge < -0.3 is 19.9 Å². The Morgan fingerprint density at radius 2 is 2.09 bits per heavy atom. The van der Waals surface area contributed by atoms with Crippen molar-refractivity contribution in [1.29, 1.82) is 0 Å². The summed E-state index contributed by atoms with van der Waals surface area (Å²) in [5, 5.41) is 4.05. The van der Waals surface area contributed by atoms with Crippen molar-refractivity contribution in [1.82, 2.24) is 15.0 Å². The van der Waals surface area contributed by atoms with E-state index in [1.165, 1.54) is 25.7 Å². The van der Waals surface area contributed by atoms with Gasteiger partial charge in [-0.2, -0.15) is 4.98 Å². The second kappa shape index (κ2) is 5.53. The molecule has 2 N–H and O–H groups in total. The van der Waals surface area contributed by atoms with E-state index in [2.05, 4.69) is 20.0 Å². The van der Waals surface area contributed by atoms with Crippen molar-refractivity contribution >= 4 is 5.96 Å². The van der Waals surface area contributed by atoms with Gasteiger partial charge in [-0.3, -0.25) is 4.99 Å². The van der Waals surface area contributed by atoms with E-state index in [0.29, 0.717) is 30.4 Å². The van der Waals surface area contributed by atoms with Gasteiger partial charge in [-0.05, 0) is 38.5 Å².